The summed E-state index contributed by atoms with van der Waals surface area (Å²) in [6.07, 6.45) is 3.90. The fourth-order valence-corrected chi connectivity index (χ4v) is 1.34. The van der Waals surface area contributed by atoms with Crippen molar-refractivity contribution in [2.75, 3.05) is 12.4 Å². The topological polar surface area (TPSA) is 83.6 Å². The average molecular weight is 225 g/mol. The Morgan fingerprint density at radius 2 is 2.33 bits per heavy atom. The minimum atomic E-state index is 0.558. The predicted octanol–water partition coefficient (Wildman–Crippen LogP) is 1.11. The van der Waals surface area contributed by atoms with E-state index in [-0.39, 0.29) is 0 Å². The Hall–Kier alpha value is -1.76. The Labute approximate surface area is 90.8 Å². The summed E-state index contributed by atoms with van der Waals surface area (Å²) in [4.78, 5) is 18.6. The molecular formula is C8H11N5OS. The summed E-state index contributed by atoms with van der Waals surface area (Å²) in [5.74, 6) is 0.694. The second kappa shape index (κ2) is 5.86. The third-order valence-corrected chi connectivity index (χ3v) is 2.23. The number of aromatic amines is 1. The van der Waals surface area contributed by atoms with Gasteiger partial charge in [-0.25, -0.2) is 15.1 Å². The number of H-pyrrole nitrogens is 1. The van der Waals surface area contributed by atoms with E-state index < -0.39 is 0 Å². The van der Waals surface area contributed by atoms with Crippen molar-refractivity contribution in [3.8, 4) is 0 Å². The zero-order valence-corrected chi connectivity index (χ0v) is 9.21. The molecule has 0 saturated heterocycles. The van der Waals surface area contributed by atoms with Crippen LogP contribution in [0.3, 0.4) is 0 Å². The molecule has 0 radical (unpaired) electrons. The highest BCUT2D eigenvalue weighted by molar-refractivity contribution is 7.13. The van der Waals surface area contributed by atoms with Crippen molar-refractivity contribution in [1.82, 2.24) is 20.2 Å². The van der Waals surface area contributed by atoms with E-state index in [1.165, 1.54) is 17.7 Å². The number of anilines is 1. The molecule has 6 nitrogen and oxygen atoms in total. The first-order chi connectivity index (χ1) is 7.26. The van der Waals surface area contributed by atoms with E-state index in [9.17, 15) is 4.79 Å². The number of aldehydes is 1. The van der Waals surface area contributed by atoms with Crippen molar-refractivity contribution in [2.24, 2.45) is 0 Å². The zero-order chi connectivity index (χ0) is 11.1. The molecule has 0 aliphatic rings. The lowest BCUT2D eigenvalue weighted by Crippen LogP contribution is -1.88. The minimum Gasteiger partial charge on any atom is -0.358 e. The molecule has 0 amide bonds. The fraction of sp³-hybridized carbons (Fsp3) is 0.250. The zero-order valence-electron chi connectivity index (χ0n) is 8.39. The molecule has 80 valence electrons. The summed E-state index contributed by atoms with van der Waals surface area (Å²) in [6.45, 7) is 1.92. The molecule has 0 unspecified atom stereocenters. The number of carbonyl (C=O) groups excluding carboxylic acids is 1. The highest BCUT2D eigenvalue weighted by atomic mass is 32.1. The van der Waals surface area contributed by atoms with E-state index in [0.717, 1.165) is 11.2 Å². The normalized spacial score (nSPS) is 8.93. The number of nitrogens with one attached hydrogen (secondary N) is 2. The number of nitrogens with zero attached hydrogens (tertiary/aromatic N) is 3. The maximum Gasteiger partial charge on any atom is 0.218 e. The molecule has 0 bridgehead atoms. The van der Waals surface area contributed by atoms with Crippen LogP contribution < -0.4 is 5.32 Å². The molecule has 2 aromatic heterocycles. The molecule has 2 N–H and O–H groups in total. The minimum absolute atomic E-state index is 0.558. The van der Waals surface area contributed by atoms with Crippen LogP contribution in [0.2, 0.25) is 0 Å². The van der Waals surface area contributed by atoms with Gasteiger partial charge in [-0.1, -0.05) is 0 Å². The van der Waals surface area contributed by atoms with Gasteiger partial charge >= 0.3 is 0 Å². The third-order valence-electron chi connectivity index (χ3n) is 1.39. The SMILES string of the molecule is CNc1ncn[nH]1.Cc1cnc(C=O)s1. The molecule has 15 heavy (non-hydrogen) atoms. The molecule has 7 heteroatoms. The van der Waals surface area contributed by atoms with Crippen molar-refractivity contribution in [3.05, 3.63) is 22.4 Å². The van der Waals surface area contributed by atoms with E-state index in [4.69, 9.17) is 0 Å². The van der Waals surface area contributed by atoms with Crippen LogP contribution in [-0.2, 0) is 0 Å². The Morgan fingerprint density at radius 1 is 1.53 bits per heavy atom. The molecule has 0 spiro atoms. The molecule has 2 heterocycles. The van der Waals surface area contributed by atoms with Crippen LogP contribution in [0, 0.1) is 6.92 Å². The van der Waals surface area contributed by atoms with Gasteiger partial charge < -0.3 is 5.32 Å². The molecule has 0 aliphatic carbocycles. The van der Waals surface area contributed by atoms with Gasteiger partial charge in [-0.3, -0.25) is 4.79 Å². The summed E-state index contributed by atoms with van der Waals surface area (Å²) < 4.78 is 0. The van der Waals surface area contributed by atoms with Gasteiger partial charge in [-0.05, 0) is 6.92 Å². The highest BCUT2D eigenvalue weighted by Gasteiger charge is 1.92. The lowest BCUT2D eigenvalue weighted by atomic mass is 10.6. The Balaban J connectivity index is 0.000000151. The van der Waals surface area contributed by atoms with Crippen LogP contribution in [-0.4, -0.2) is 33.5 Å². The Morgan fingerprint density at radius 3 is 2.60 bits per heavy atom. The first-order valence-electron chi connectivity index (χ1n) is 4.17. The smallest absolute Gasteiger partial charge is 0.218 e. The maximum absolute atomic E-state index is 9.97. The van der Waals surface area contributed by atoms with E-state index >= 15 is 0 Å². The first kappa shape index (κ1) is 11.3. The van der Waals surface area contributed by atoms with E-state index in [0.29, 0.717) is 11.0 Å². The molecule has 0 saturated carbocycles. The summed E-state index contributed by atoms with van der Waals surface area (Å²) in [7, 11) is 1.78. The number of rotatable bonds is 2. The summed E-state index contributed by atoms with van der Waals surface area (Å²) >= 11 is 1.41. The van der Waals surface area contributed by atoms with Crippen LogP contribution in [0.5, 0.6) is 0 Å². The first-order valence-corrected chi connectivity index (χ1v) is 4.98. The molecule has 0 fully saturated rings. The largest absolute Gasteiger partial charge is 0.358 e. The van der Waals surface area contributed by atoms with Crippen LogP contribution in [0.15, 0.2) is 12.5 Å². The predicted molar refractivity (Wildman–Crippen MR) is 58.2 cm³/mol. The summed E-state index contributed by atoms with van der Waals surface area (Å²) in [5.41, 5.74) is 0. The van der Waals surface area contributed by atoms with Crippen LogP contribution >= 0.6 is 11.3 Å². The Kier molecular flexibility index (Phi) is 4.42. The van der Waals surface area contributed by atoms with Gasteiger partial charge in [0.15, 0.2) is 11.3 Å². The second-order valence-corrected chi connectivity index (χ2v) is 3.78. The monoisotopic (exact) mass is 225 g/mol. The number of carbonyl (C=O) groups is 1. The molecule has 2 aromatic rings. The van der Waals surface area contributed by atoms with Crippen molar-refractivity contribution in [2.45, 2.75) is 6.92 Å². The van der Waals surface area contributed by atoms with E-state index in [1.54, 1.807) is 13.2 Å². The third kappa shape index (κ3) is 3.86. The second-order valence-electron chi connectivity index (χ2n) is 2.51. The Bertz CT molecular complexity index is 397. The van der Waals surface area contributed by atoms with Gasteiger partial charge in [0.1, 0.15) is 6.33 Å². The standard InChI is InChI=1S/C5H5NOS.C3H6N4/c1-4-2-6-5(3-7)8-4;1-4-3-5-2-6-7-3/h2-3H,1H3;2H,1H3,(H2,4,5,6,7). The number of aryl methyl sites for hydroxylation is 1. The lowest BCUT2D eigenvalue weighted by Gasteiger charge is -1.83. The van der Waals surface area contributed by atoms with Crippen molar-refractivity contribution in [3.63, 3.8) is 0 Å². The summed E-state index contributed by atoms with van der Waals surface area (Å²) in [6, 6.07) is 0. The van der Waals surface area contributed by atoms with Crippen molar-refractivity contribution in [1.29, 1.82) is 0 Å². The van der Waals surface area contributed by atoms with Crippen LogP contribution in [0.1, 0.15) is 14.7 Å². The molecule has 0 aliphatic heterocycles. The molecular weight excluding hydrogens is 214 g/mol. The van der Waals surface area contributed by atoms with Crippen LogP contribution in [0.25, 0.3) is 0 Å². The van der Waals surface area contributed by atoms with Gasteiger partial charge in [-0.2, -0.15) is 5.10 Å². The van der Waals surface area contributed by atoms with Gasteiger partial charge in [0.25, 0.3) is 0 Å². The summed E-state index contributed by atoms with van der Waals surface area (Å²) in [5, 5.41) is 9.54. The van der Waals surface area contributed by atoms with Crippen LogP contribution in [0.4, 0.5) is 5.95 Å². The number of aromatic nitrogens is 4. The number of hydrogen-bond acceptors (Lipinski definition) is 6. The van der Waals surface area contributed by atoms with Gasteiger partial charge in [0, 0.05) is 18.1 Å². The number of thiazole rings is 1. The van der Waals surface area contributed by atoms with E-state index in [2.05, 4.69) is 25.5 Å². The van der Waals surface area contributed by atoms with E-state index in [1.807, 2.05) is 6.92 Å². The van der Waals surface area contributed by atoms with Crippen molar-refractivity contribution < 1.29 is 4.79 Å². The average Bonchev–Trinajstić information content (AvgIpc) is 2.88. The lowest BCUT2D eigenvalue weighted by molar-refractivity contribution is 0.112. The quantitative estimate of drug-likeness (QED) is 0.748. The molecule has 0 aromatic carbocycles. The highest BCUT2D eigenvalue weighted by Crippen LogP contribution is 2.07. The van der Waals surface area contributed by atoms with Gasteiger partial charge in [0.05, 0.1) is 0 Å². The van der Waals surface area contributed by atoms with Gasteiger partial charge in [-0.15, -0.1) is 11.3 Å². The molecule has 2 rings (SSSR count). The fourth-order valence-electron chi connectivity index (χ4n) is 0.753. The number of hydrogen-bond donors (Lipinski definition) is 2. The van der Waals surface area contributed by atoms with Crippen molar-refractivity contribution >= 4 is 23.6 Å². The molecule has 0 atom stereocenters. The van der Waals surface area contributed by atoms with Gasteiger partial charge in [0.2, 0.25) is 5.95 Å². The maximum atomic E-state index is 9.97.